The van der Waals surface area contributed by atoms with E-state index in [0.717, 1.165) is 24.8 Å². The van der Waals surface area contributed by atoms with Gasteiger partial charge in [-0.1, -0.05) is 18.2 Å². The molecular weight excluding hydrogens is 150 g/mol. The normalized spacial score (nSPS) is 9.75. The van der Waals surface area contributed by atoms with Crippen molar-refractivity contribution >= 4 is 6.29 Å². The molecule has 0 amide bonds. The molecule has 2 nitrogen and oxygen atoms in total. The second kappa shape index (κ2) is 4.67. The predicted molar refractivity (Wildman–Crippen MR) is 49.5 cm³/mol. The van der Waals surface area contributed by atoms with Gasteiger partial charge >= 0.3 is 0 Å². The Morgan fingerprint density at radius 3 is 3.00 bits per heavy atom. The first-order valence-corrected chi connectivity index (χ1v) is 4.05. The number of carbonyl (C=O) groups excluding carboxylic acids is 1. The van der Waals surface area contributed by atoms with Crippen molar-refractivity contribution < 1.29 is 4.79 Å². The van der Waals surface area contributed by atoms with E-state index in [1.54, 1.807) is 0 Å². The molecule has 0 aliphatic rings. The second-order valence-electron chi connectivity index (χ2n) is 2.72. The van der Waals surface area contributed by atoms with Crippen LogP contribution in [0.4, 0.5) is 0 Å². The number of carbonyl (C=O) groups is 1. The van der Waals surface area contributed by atoms with Crippen molar-refractivity contribution in [2.45, 2.75) is 6.42 Å². The Morgan fingerprint density at radius 1 is 1.50 bits per heavy atom. The van der Waals surface area contributed by atoms with E-state index >= 15 is 0 Å². The quantitative estimate of drug-likeness (QED) is 0.677. The molecule has 0 unspecified atom stereocenters. The monoisotopic (exact) mass is 163 g/mol. The number of nitrogens with one attached hydrogen (secondary N) is 1. The first kappa shape index (κ1) is 8.94. The number of rotatable bonds is 4. The molecule has 1 aromatic carbocycles. The smallest absolute Gasteiger partial charge is 0.150 e. The summed E-state index contributed by atoms with van der Waals surface area (Å²) < 4.78 is 0. The zero-order valence-electron chi connectivity index (χ0n) is 7.21. The molecule has 0 radical (unpaired) electrons. The van der Waals surface area contributed by atoms with Crippen molar-refractivity contribution in [2.75, 3.05) is 13.6 Å². The first-order valence-electron chi connectivity index (χ1n) is 4.05. The van der Waals surface area contributed by atoms with Crippen LogP contribution in [0.15, 0.2) is 24.3 Å². The molecule has 0 saturated heterocycles. The fourth-order valence-corrected chi connectivity index (χ4v) is 1.09. The van der Waals surface area contributed by atoms with Gasteiger partial charge in [0.15, 0.2) is 0 Å². The number of aldehydes is 1. The zero-order chi connectivity index (χ0) is 8.81. The van der Waals surface area contributed by atoms with E-state index in [2.05, 4.69) is 5.32 Å². The molecule has 0 aliphatic carbocycles. The van der Waals surface area contributed by atoms with Crippen molar-refractivity contribution in [1.82, 2.24) is 5.32 Å². The summed E-state index contributed by atoms with van der Waals surface area (Å²) in [4.78, 5) is 10.4. The van der Waals surface area contributed by atoms with Gasteiger partial charge in [0.1, 0.15) is 6.29 Å². The summed E-state index contributed by atoms with van der Waals surface area (Å²) in [6.07, 6.45) is 1.85. The summed E-state index contributed by atoms with van der Waals surface area (Å²) in [5, 5.41) is 3.07. The third kappa shape index (κ3) is 2.47. The molecule has 1 aromatic rings. The number of hydrogen-bond acceptors (Lipinski definition) is 2. The highest BCUT2D eigenvalue weighted by Crippen LogP contribution is 2.03. The lowest BCUT2D eigenvalue weighted by atomic mass is 10.1. The Hall–Kier alpha value is -1.15. The van der Waals surface area contributed by atoms with Gasteiger partial charge in [-0.05, 0) is 31.6 Å². The first-order chi connectivity index (χ1) is 5.86. The highest BCUT2D eigenvalue weighted by molar-refractivity contribution is 5.74. The van der Waals surface area contributed by atoms with Crippen LogP contribution < -0.4 is 5.32 Å². The Labute approximate surface area is 72.6 Å². The van der Waals surface area contributed by atoms with E-state index < -0.39 is 0 Å². The molecular formula is C10H13NO. The van der Waals surface area contributed by atoms with Crippen molar-refractivity contribution in [3.63, 3.8) is 0 Å². The van der Waals surface area contributed by atoms with Crippen LogP contribution in [0.3, 0.4) is 0 Å². The second-order valence-corrected chi connectivity index (χ2v) is 2.72. The van der Waals surface area contributed by atoms with Crippen LogP contribution in [0, 0.1) is 0 Å². The van der Waals surface area contributed by atoms with E-state index in [4.69, 9.17) is 0 Å². The van der Waals surface area contributed by atoms with Crippen LogP contribution in [0.1, 0.15) is 15.9 Å². The minimum absolute atomic E-state index is 0.753. The molecule has 2 heteroatoms. The van der Waals surface area contributed by atoms with E-state index in [0.29, 0.717) is 0 Å². The summed E-state index contributed by atoms with van der Waals surface area (Å²) in [6, 6.07) is 7.68. The van der Waals surface area contributed by atoms with Crippen molar-refractivity contribution in [1.29, 1.82) is 0 Å². The number of benzene rings is 1. The van der Waals surface area contributed by atoms with E-state index in [1.165, 1.54) is 5.56 Å². The Kier molecular flexibility index (Phi) is 3.48. The molecule has 1 rings (SSSR count). The summed E-state index contributed by atoms with van der Waals surface area (Å²) >= 11 is 0. The summed E-state index contributed by atoms with van der Waals surface area (Å²) in [5.41, 5.74) is 1.96. The van der Waals surface area contributed by atoms with Gasteiger partial charge in [-0.25, -0.2) is 0 Å². The SMILES string of the molecule is CNCCc1cccc(C=O)c1. The van der Waals surface area contributed by atoms with Gasteiger partial charge in [0.05, 0.1) is 0 Å². The number of hydrogen-bond donors (Lipinski definition) is 1. The lowest BCUT2D eigenvalue weighted by Gasteiger charge is -2.00. The van der Waals surface area contributed by atoms with Gasteiger partial charge in [-0.2, -0.15) is 0 Å². The maximum Gasteiger partial charge on any atom is 0.150 e. The van der Waals surface area contributed by atoms with Gasteiger partial charge in [0.2, 0.25) is 0 Å². The fourth-order valence-electron chi connectivity index (χ4n) is 1.09. The van der Waals surface area contributed by atoms with Crippen molar-refractivity contribution in [2.24, 2.45) is 0 Å². The fraction of sp³-hybridized carbons (Fsp3) is 0.300. The van der Waals surface area contributed by atoms with Gasteiger partial charge in [0, 0.05) is 5.56 Å². The molecule has 0 aliphatic heterocycles. The van der Waals surface area contributed by atoms with Gasteiger partial charge in [-0.3, -0.25) is 4.79 Å². The maximum absolute atomic E-state index is 10.4. The van der Waals surface area contributed by atoms with E-state index in [-0.39, 0.29) is 0 Å². The molecule has 0 spiro atoms. The minimum Gasteiger partial charge on any atom is -0.319 e. The molecule has 64 valence electrons. The third-order valence-electron chi connectivity index (χ3n) is 1.75. The van der Waals surface area contributed by atoms with E-state index in [9.17, 15) is 4.79 Å². The third-order valence-corrected chi connectivity index (χ3v) is 1.75. The average molecular weight is 163 g/mol. The zero-order valence-corrected chi connectivity index (χ0v) is 7.21. The summed E-state index contributed by atoms with van der Waals surface area (Å²) in [6.45, 7) is 0.947. The van der Waals surface area contributed by atoms with Crippen molar-refractivity contribution in [3.05, 3.63) is 35.4 Å². The molecule has 0 atom stereocenters. The molecule has 0 heterocycles. The average Bonchev–Trinajstić information content (AvgIpc) is 2.15. The van der Waals surface area contributed by atoms with Crippen LogP contribution in [-0.2, 0) is 6.42 Å². The predicted octanol–water partition coefficient (Wildman–Crippen LogP) is 1.26. The van der Waals surface area contributed by atoms with Crippen LogP contribution in [0.5, 0.6) is 0 Å². The standard InChI is InChI=1S/C10H13NO/c1-11-6-5-9-3-2-4-10(7-9)8-12/h2-4,7-8,11H,5-6H2,1H3. The maximum atomic E-state index is 10.4. The minimum atomic E-state index is 0.753. The molecule has 0 fully saturated rings. The Bertz CT molecular complexity index is 258. The number of likely N-dealkylation sites (N-methyl/N-ethyl adjacent to an activating group) is 1. The highest BCUT2D eigenvalue weighted by atomic mass is 16.1. The van der Waals surface area contributed by atoms with E-state index in [1.807, 2.05) is 31.3 Å². The van der Waals surface area contributed by atoms with Crippen LogP contribution >= 0.6 is 0 Å². The summed E-state index contributed by atoms with van der Waals surface area (Å²) in [7, 11) is 1.92. The lowest BCUT2D eigenvalue weighted by molar-refractivity contribution is 0.112. The topological polar surface area (TPSA) is 29.1 Å². The lowest BCUT2D eigenvalue weighted by Crippen LogP contribution is -2.10. The van der Waals surface area contributed by atoms with Crippen LogP contribution in [0.25, 0.3) is 0 Å². The molecule has 0 aromatic heterocycles. The largest absolute Gasteiger partial charge is 0.319 e. The van der Waals surface area contributed by atoms with Gasteiger partial charge in [-0.15, -0.1) is 0 Å². The van der Waals surface area contributed by atoms with Crippen LogP contribution in [0.2, 0.25) is 0 Å². The molecule has 0 bridgehead atoms. The van der Waals surface area contributed by atoms with Gasteiger partial charge < -0.3 is 5.32 Å². The molecule has 12 heavy (non-hydrogen) atoms. The summed E-state index contributed by atoms with van der Waals surface area (Å²) in [5.74, 6) is 0. The Balaban J connectivity index is 2.66. The highest BCUT2D eigenvalue weighted by Gasteiger charge is 1.93. The van der Waals surface area contributed by atoms with Crippen molar-refractivity contribution in [3.8, 4) is 0 Å². The molecule has 1 N–H and O–H groups in total. The Morgan fingerprint density at radius 2 is 2.33 bits per heavy atom. The molecule has 0 saturated carbocycles. The van der Waals surface area contributed by atoms with Gasteiger partial charge in [0.25, 0.3) is 0 Å². The van der Waals surface area contributed by atoms with Crippen LogP contribution in [-0.4, -0.2) is 19.9 Å².